The summed E-state index contributed by atoms with van der Waals surface area (Å²) in [6, 6.07) is 5.13. The number of fused-ring (bicyclic) bond motifs is 2. The Morgan fingerprint density at radius 1 is 0.844 bits per heavy atom. The molecule has 0 saturated carbocycles. The van der Waals surface area contributed by atoms with Crippen molar-refractivity contribution in [1.82, 2.24) is 4.98 Å². The van der Waals surface area contributed by atoms with Crippen LogP contribution in [0.25, 0.3) is 0 Å². The van der Waals surface area contributed by atoms with Gasteiger partial charge in [-0.2, -0.15) is 0 Å². The summed E-state index contributed by atoms with van der Waals surface area (Å²) >= 11 is 0. The Bertz CT molecular complexity index is 985. The van der Waals surface area contributed by atoms with Crippen LogP contribution >= 0.6 is 0 Å². The number of pyridine rings is 1. The third-order valence-electron chi connectivity index (χ3n) is 4.26. The van der Waals surface area contributed by atoms with Gasteiger partial charge in [-0.1, -0.05) is 0 Å². The van der Waals surface area contributed by atoms with E-state index in [1.165, 1.54) is 12.4 Å². The molecule has 3 rings (SSSR count). The third-order valence-corrected chi connectivity index (χ3v) is 4.26. The highest BCUT2D eigenvalue weighted by atomic mass is 16.4. The predicted molar refractivity (Wildman–Crippen MR) is 117 cm³/mol. The minimum Gasteiger partial charge on any atom is -0.478 e. The van der Waals surface area contributed by atoms with Crippen LogP contribution in [0.4, 0.5) is 11.4 Å². The number of anilines is 2. The van der Waals surface area contributed by atoms with E-state index in [4.69, 9.17) is 21.7 Å². The smallest absolute Gasteiger partial charge is 0.328 e. The van der Waals surface area contributed by atoms with Gasteiger partial charge in [0, 0.05) is 67.7 Å². The molecule has 0 unspecified atom stereocenters. The number of ketones is 2. The van der Waals surface area contributed by atoms with Gasteiger partial charge in [0.25, 0.3) is 0 Å². The Morgan fingerprint density at radius 2 is 1.31 bits per heavy atom. The van der Waals surface area contributed by atoms with Gasteiger partial charge in [0.15, 0.2) is 11.6 Å². The number of carbonyl (C=O) groups is 4. The number of carbonyl (C=O) groups excluding carboxylic acids is 2. The van der Waals surface area contributed by atoms with E-state index in [2.05, 4.69) is 15.6 Å². The van der Waals surface area contributed by atoms with E-state index in [0.29, 0.717) is 72.0 Å². The number of rotatable bonds is 8. The summed E-state index contributed by atoms with van der Waals surface area (Å²) in [5.74, 6) is -2.93. The van der Waals surface area contributed by atoms with Gasteiger partial charge in [-0.05, 0) is 18.2 Å². The lowest BCUT2D eigenvalue weighted by Crippen LogP contribution is -2.26. The first-order chi connectivity index (χ1) is 15.3. The maximum atomic E-state index is 13.0. The SMILES string of the molecule is NCCNc1ccc(NCCN)c2c1C(=O)c1ccncc1C2=O.O=C(O)/C=C\C(=O)O. The molecule has 11 nitrogen and oxygen atoms in total. The molecule has 0 amide bonds. The molecule has 1 heterocycles. The van der Waals surface area contributed by atoms with Gasteiger partial charge >= 0.3 is 11.9 Å². The van der Waals surface area contributed by atoms with Crippen molar-refractivity contribution in [3.63, 3.8) is 0 Å². The normalized spacial score (nSPS) is 11.8. The third kappa shape index (κ3) is 5.74. The van der Waals surface area contributed by atoms with Crippen molar-refractivity contribution >= 4 is 34.9 Å². The average molecular weight is 441 g/mol. The molecule has 0 radical (unpaired) electrons. The highest BCUT2D eigenvalue weighted by Gasteiger charge is 2.34. The van der Waals surface area contributed by atoms with E-state index in [1.807, 2.05) is 0 Å². The van der Waals surface area contributed by atoms with Gasteiger partial charge < -0.3 is 32.3 Å². The molecule has 1 aromatic carbocycles. The molecule has 0 aliphatic heterocycles. The van der Waals surface area contributed by atoms with E-state index >= 15 is 0 Å². The lowest BCUT2D eigenvalue weighted by atomic mass is 9.83. The zero-order chi connectivity index (χ0) is 23.7. The monoisotopic (exact) mass is 441 g/mol. The van der Waals surface area contributed by atoms with Crippen LogP contribution in [0, 0.1) is 0 Å². The van der Waals surface area contributed by atoms with Crippen LogP contribution < -0.4 is 22.1 Å². The second-order valence-electron chi connectivity index (χ2n) is 6.43. The van der Waals surface area contributed by atoms with Gasteiger partial charge in [-0.3, -0.25) is 14.6 Å². The molecule has 1 aliphatic carbocycles. The second-order valence-corrected chi connectivity index (χ2v) is 6.43. The number of nitrogens with two attached hydrogens (primary N) is 2. The second kappa shape index (κ2) is 11.3. The molecular weight excluding hydrogens is 418 g/mol. The molecule has 8 N–H and O–H groups in total. The molecule has 0 spiro atoms. The highest BCUT2D eigenvalue weighted by molar-refractivity contribution is 6.31. The molecule has 0 fully saturated rings. The molecule has 0 bridgehead atoms. The van der Waals surface area contributed by atoms with E-state index in [-0.39, 0.29) is 11.6 Å². The number of benzene rings is 1. The molecule has 1 aliphatic rings. The Labute approximate surface area is 183 Å². The number of hydrogen-bond acceptors (Lipinski definition) is 9. The van der Waals surface area contributed by atoms with E-state index in [9.17, 15) is 19.2 Å². The number of aliphatic carboxylic acids is 2. The molecule has 0 atom stereocenters. The van der Waals surface area contributed by atoms with Crippen LogP contribution in [0.3, 0.4) is 0 Å². The Hall–Kier alpha value is -4.09. The van der Waals surface area contributed by atoms with Crippen molar-refractivity contribution in [2.45, 2.75) is 0 Å². The lowest BCUT2D eigenvalue weighted by molar-refractivity contribution is -0.134. The van der Waals surface area contributed by atoms with Crippen molar-refractivity contribution in [3.05, 3.63) is 65.0 Å². The van der Waals surface area contributed by atoms with Crippen molar-refractivity contribution in [2.75, 3.05) is 36.8 Å². The summed E-state index contributed by atoms with van der Waals surface area (Å²) in [5.41, 5.74) is 13.7. The predicted octanol–water partition coefficient (Wildman–Crippen LogP) is 0.310. The zero-order valence-corrected chi connectivity index (χ0v) is 17.0. The quantitative estimate of drug-likeness (QED) is 0.263. The van der Waals surface area contributed by atoms with Crippen molar-refractivity contribution in [2.24, 2.45) is 11.5 Å². The number of hydrogen-bond donors (Lipinski definition) is 6. The Balaban J connectivity index is 0.000000390. The van der Waals surface area contributed by atoms with Crippen LogP contribution in [0.5, 0.6) is 0 Å². The molecule has 1 aromatic heterocycles. The fraction of sp³-hybridized carbons (Fsp3) is 0.190. The largest absolute Gasteiger partial charge is 0.478 e. The minimum atomic E-state index is -1.26. The summed E-state index contributed by atoms with van der Waals surface area (Å²) in [4.78, 5) is 49.0. The fourth-order valence-corrected chi connectivity index (χ4v) is 2.97. The van der Waals surface area contributed by atoms with Crippen LogP contribution in [-0.4, -0.2) is 64.9 Å². The molecule has 0 saturated heterocycles. The standard InChI is InChI=1S/C17H19N5O2.C4H4O4/c18-4-7-21-12-1-2-13(22-8-5-19)15-14(12)16(23)10-3-6-20-9-11(10)17(15)24;5-3(6)1-2-4(7)8/h1-3,6,9,21-22H,4-5,7-8,18-19H2;1-2H,(H,5,6)(H,7,8)/b;2-1-. The number of aromatic nitrogens is 1. The van der Waals surface area contributed by atoms with E-state index in [1.54, 1.807) is 18.2 Å². The van der Waals surface area contributed by atoms with Crippen molar-refractivity contribution < 1.29 is 29.4 Å². The van der Waals surface area contributed by atoms with E-state index < -0.39 is 11.9 Å². The summed E-state index contributed by atoms with van der Waals surface area (Å²) in [6.45, 7) is 1.85. The first kappa shape index (κ1) is 24.2. The van der Waals surface area contributed by atoms with Crippen molar-refractivity contribution in [3.8, 4) is 0 Å². The molecule has 32 heavy (non-hydrogen) atoms. The van der Waals surface area contributed by atoms with Gasteiger partial charge in [0.2, 0.25) is 0 Å². The van der Waals surface area contributed by atoms with E-state index in [0.717, 1.165) is 0 Å². The zero-order valence-electron chi connectivity index (χ0n) is 17.0. The Morgan fingerprint density at radius 3 is 1.75 bits per heavy atom. The average Bonchev–Trinajstić information content (AvgIpc) is 2.78. The highest BCUT2D eigenvalue weighted by Crippen LogP contribution is 2.36. The summed E-state index contributed by atoms with van der Waals surface area (Å²) in [5, 5.41) is 21.9. The molecule has 2 aromatic rings. The molecule has 168 valence electrons. The fourth-order valence-electron chi connectivity index (χ4n) is 2.97. The van der Waals surface area contributed by atoms with Gasteiger partial charge in [-0.25, -0.2) is 9.59 Å². The molecule has 11 heteroatoms. The van der Waals surface area contributed by atoms with Crippen LogP contribution in [-0.2, 0) is 9.59 Å². The van der Waals surface area contributed by atoms with Crippen molar-refractivity contribution in [1.29, 1.82) is 0 Å². The Kier molecular flexibility index (Phi) is 8.57. The van der Waals surface area contributed by atoms with Crippen LogP contribution in [0.2, 0.25) is 0 Å². The lowest BCUT2D eigenvalue weighted by Gasteiger charge is -2.23. The molecular formula is C21H23N5O6. The summed E-state index contributed by atoms with van der Waals surface area (Å²) in [7, 11) is 0. The number of nitrogens with zero attached hydrogens (tertiary/aromatic N) is 1. The summed E-state index contributed by atoms with van der Waals surface area (Å²) < 4.78 is 0. The van der Waals surface area contributed by atoms with Gasteiger partial charge in [0.1, 0.15) is 0 Å². The van der Waals surface area contributed by atoms with Gasteiger partial charge in [-0.15, -0.1) is 0 Å². The maximum Gasteiger partial charge on any atom is 0.328 e. The maximum absolute atomic E-state index is 13.0. The number of carboxylic acids is 2. The van der Waals surface area contributed by atoms with Gasteiger partial charge in [0.05, 0.1) is 16.7 Å². The summed E-state index contributed by atoms with van der Waals surface area (Å²) in [6.07, 6.45) is 4.06. The first-order valence-corrected chi connectivity index (χ1v) is 9.54. The van der Waals surface area contributed by atoms with Crippen LogP contribution in [0.15, 0.2) is 42.7 Å². The topological polar surface area (TPSA) is 198 Å². The number of carboxylic acid groups (broad SMARTS) is 2. The number of nitrogens with one attached hydrogen (secondary N) is 2. The first-order valence-electron chi connectivity index (χ1n) is 9.54. The minimum absolute atomic E-state index is 0.196. The van der Waals surface area contributed by atoms with Crippen LogP contribution in [0.1, 0.15) is 31.8 Å².